The van der Waals surface area contributed by atoms with Crippen molar-refractivity contribution in [2.24, 2.45) is 0 Å². The lowest BCUT2D eigenvalue weighted by atomic mass is 10.0. The average Bonchev–Trinajstić information content (AvgIpc) is 2.93. The molecular weight excluding hydrogens is 276 g/mol. The van der Waals surface area contributed by atoms with Crippen molar-refractivity contribution in [2.45, 2.75) is 13.5 Å². The van der Waals surface area contributed by atoms with Gasteiger partial charge in [0.15, 0.2) is 0 Å². The molecule has 0 unspecified atom stereocenters. The number of phenols is 1. The predicted octanol–water partition coefficient (Wildman–Crippen LogP) is 3.22. The summed E-state index contributed by atoms with van der Waals surface area (Å²) in [5.41, 5.74) is 4.57. The molecule has 4 heteroatoms. The molecule has 4 nitrogen and oxygen atoms in total. The van der Waals surface area contributed by atoms with E-state index in [0.717, 1.165) is 16.8 Å². The quantitative estimate of drug-likeness (QED) is 0.776. The van der Waals surface area contributed by atoms with Crippen LogP contribution in [0.25, 0.3) is 22.4 Å². The van der Waals surface area contributed by atoms with Gasteiger partial charge in [-0.2, -0.15) is 5.10 Å². The molecule has 0 saturated heterocycles. The minimum atomic E-state index is 0.0230. The van der Waals surface area contributed by atoms with E-state index in [0.29, 0.717) is 12.1 Å². The molecule has 3 aromatic rings. The summed E-state index contributed by atoms with van der Waals surface area (Å²) in [6.45, 7) is 2.49. The van der Waals surface area contributed by atoms with Crippen LogP contribution in [0, 0.1) is 6.92 Å². The van der Waals surface area contributed by atoms with Gasteiger partial charge in [0.2, 0.25) is 0 Å². The number of benzene rings is 2. The maximum atomic E-state index is 10.1. The van der Waals surface area contributed by atoms with E-state index in [2.05, 4.69) is 5.10 Å². The molecule has 0 radical (unpaired) electrons. The van der Waals surface area contributed by atoms with Crippen LogP contribution in [-0.4, -0.2) is 26.6 Å². The highest BCUT2D eigenvalue weighted by Gasteiger charge is 2.15. The Kier molecular flexibility index (Phi) is 3.94. The Balaban J connectivity index is 2.16. The lowest BCUT2D eigenvalue weighted by Crippen LogP contribution is -2.02. The zero-order valence-electron chi connectivity index (χ0n) is 12.4. The molecule has 2 N–H and O–H groups in total. The second kappa shape index (κ2) is 6.03. The highest BCUT2D eigenvalue weighted by molar-refractivity contribution is 5.83. The van der Waals surface area contributed by atoms with Crippen molar-refractivity contribution >= 4 is 0 Å². The van der Waals surface area contributed by atoms with Gasteiger partial charge in [0.25, 0.3) is 0 Å². The number of hydrogen-bond donors (Lipinski definition) is 2. The molecule has 0 spiro atoms. The van der Waals surface area contributed by atoms with Crippen molar-refractivity contribution in [3.63, 3.8) is 0 Å². The van der Waals surface area contributed by atoms with Gasteiger partial charge in [-0.1, -0.05) is 42.0 Å². The first-order valence-electron chi connectivity index (χ1n) is 7.23. The number of aryl methyl sites for hydroxylation is 1. The second-order valence-corrected chi connectivity index (χ2v) is 5.26. The molecule has 2 aromatic carbocycles. The Labute approximate surface area is 129 Å². The molecule has 0 saturated carbocycles. The van der Waals surface area contributed by atoms with Crippen LogP contribution in [0.2, 0.25) is 0 Å². The fraction of sp³-hybridized carbons (Fsp3) is 0.167. The van der Waals surface area contributed by atoms with E-state index in [1.807, 2.05) is 49.5 Å². The van der Waals surface area contributed by atoms with Crippen LogP contribution in [0.3, 0.4) is 0 Å². The smallest absolute Gasteiger partial charge is 0.125 e. The van der Waals surface area contributed by atoms with Crippen LogP contribution < -0.4 is 0 Å². The summed E-state index contributed by atoms with van der Waals surface area (Å²) in [5, 5.41) is 23.8. The van der Waals surface area contributed by atoms with Gasteiger partial charge in [-0.05, 0) is 24.6 Å². The van der Waals surface area contributed by atoms with Crippen molar-refractivity contribution in [1.29, 1.82) is 0 Å². The normalized spacial score (nSPS) is 10.8. The summed E-state index contributed by atoms with van der Waals surface area (Å²) < 4.78 is 1.71. The van der Waals surface area contributed by atoms with Crippen LogP contribution in [0.1, 0.15) is 5.56 Å². The first-order valence-corrected chi connectivity index (χ1v) is 7.23. The van der Waals surface area contributed by atoms with E-state index in [1.165, 1.54) is 5.56 Å². The standard InChI is InChI=1S/C18H18N2O2/c1-13-6-8-14(9-7-13)16-12-20(10-11-21)19-18(16)15-4-2-3-5-17(15)22/h2-9,12,21-22H,10-11H2,1H3. The Bertz CT molecular complexity index is 776. The van der Waals surface area contributed by atoms with Gasteiger partial charge in [0, 0.05) is 17.3 Å². The molecule has 112 valence electrons. The van der Waals surface area contributed by atoms with Crippen molar-refractivity contribution in [2.75, 3.05) is 6.61 Å². The first-order chi connectivity index (χ1) is 10.7. The van der Waals surface area contributed by atoms with Crippen LogP contribution in [0.5, 0.6) is 5.75 Å². The zero-order valence-corrected chi connectivity index (χ0v) is 12.4. The monoisotopic (exact) mass is 294 g/mol. The number of aromatic nitrogens is 2. The molecule has 1 heterocycles. The lowest BCUT2D eigenvalue weighted by Gasteiger charge is -2.05. The Morgan fingerprint density at radius 2 is 1.73 bits per heavy atom. The first kappa shape index (κ1) is 14.4. The van der Waals surface area contributed by atoms with E-state index >= 15 is 0 Å². The molecular formula is C18H18N2O2. The minimum absolute atomic E-state index is 0.0230. The number of phenolic OH excluding ortho intramolecular Hbond substituents is 1. The zero-order chi connectivity index (χ0) is 15.5. The van der Waals surface area contributed by atoms with Gasteiger partial charge in [-0.25, -0.2) is 0 Å². The summed E-state index contributed by atoms with van der Waals surface area (Å²) >= 11 is 0. The summed E-state index contributed by atoms with van der Waals surface area (Å²) in [6, 6.07) is 15.3. The largest absolute Gasteiger partial charge is 0.507 e. The Morgan fingerprint density at radius 1 is 1.00 bits per heavy atom. The van der Waals surface area contributed by atoms with Crippen LogP contribution in [-0.2, 0) is 6.54 Å². The highest BCUT2D eigenvalue weighted by atomic mass is 16.3. The molecule has 0 aliphatic heterocycles. The van der Waals surface area contributed by atoms with E-state index in [-0.39, 0.29) is 12.4 Å². The molecule has 0 amide bonds. The molecule has 0 fully saturated rings. The number of nitrogens with zero attached hydrogens (tertiary/aromatic N) is 2. The molecule has 1 aromatic heterocycles. The Hall–Kier alpha value is -2.59. The van der Waals surface area contributed by atoms with Crippen LogP contribution in [0.4, 0.5) is 0 Å². The number of hydrogen-bond acceptors (Lipinski definition) is 3. The van der Waals surface area contributed by atoms with Crippen LogP contribution in [0.15, 0.2) is 54.7 Å². The summed E-state index contributed by atoms with van der Waals surface area (Å²) in [7, 11) is 0. The predicted molar refractivity (Wildman–Crippen MR) is 86.6 cm³/mol. The van der Waals surface area contributed by atoms with Crippen LogP contribution >= 0.6 is 0 Å². The molecule has 3 rings (SSSR count). The minimum Gasteiger partial charge on any atom is -0.507 e. The van der Waals surface area contributed by atoms with Gasteiger partial charge < -0.3 is 10.2 Å². The number of aliphatic hydroxyl groups is 1. The molecule has 0 bridgehead atoms. The van der Waals surface area contributed by atoms with Gasteiger partial charge >= 0.3 is 0 Å². The van der Waals surface area contributed by atoms with E-state index in [9.17, 15) is 5.11 Å². The van der Waals surface area contributed by atoms with Crippen molar-refractivity contribution in [1.82, 2.24) is 9.78 Å². The lowest BCUT2D eigenvalue weighted by molar-refractivity contribution is 0.269. The third kappa shape index (κ3) is 2.73. The maximum Gasteiger partial charge on any atom is 0.125 e. The Morgan fingerprint density at radius 3 is 2.41 bits per heavy atom. The highest BCUT2D eigenvalue weighted by Crippen LogP contribution is 2.35. The van der Waals surface area contributed by atoms with E-state index < -0.39 is 0 Å². The summed E-state index contributed by atoms with van der Waals surface area (Å²) in [6.07, 6.45) is 1.91. The number of para-hydroxylation sites is 1. The van der Waals surface area contributed by atoms with E-state index in [4.69, 9.17) is 5.11 Å². The fourth-order valence-corrected chi connectivity index (χ4v) is 2.46. The third-order valence-corrected chi connectivity index (χ3v) is 3.61. The average molecular weight is 294 g/mol. The SMILES string of the molecule is Cc1ccc(-c2cn(CCO)nc2-c2ccccc2O)cc1. The van der Waals surface area contributed by atoms with Gasteiger partial charge in [-0.15, -0.1) is 0 Å². The summed E-state index contributed by atoms with van der Waals surface area (Å²) in [5.74, 6) is 0.199. The van der Waals surface area contributed by atoms with Gasteiger partial charge in [-0.3, -0.25) is 4.68 Å². The van der Waals surface area contributed by atoms with E-state index in [1.54, 1.807) is 16.8 Å². The molecule has 0 aliphatic rings. The molecule has 0 aliphatic carbocycles. The second-order valence-electron chi connectivity index (χ2n) is 5.26. The van der Waals surface area contributed by atoms with Crippen molar-refractivity contribution < 1.29 is 10.2 Å². The topological polar surface area (TPSA) is 58.3 Å². The van der Waals surface area contributed by atoms with Gasteiger partial charge in [0.1, 0.15) is 11.4 Å². The number of aliphatic hydroxyl groups excluding tert-OH is 1. The molecule has 0 atom stereocenters. The van der Waals surface area contributed by atoms with Crippen molar-refractivity contribution in [3.8, 4) is 28.1 Å². The summed E-state index contributed by atoms with van der Waals surface area (Å²) in [4.78, 5) is 0. The maximum absolute atomic E-state index is 10.1. The fourth-order valence-electron chi connectivity index (χ4n) is 2.46. The number of rotatable bonds is 4. The third-order valence-electron chi connectivity index (χ3n) is 3.61. The molecule has 22 heavy (non-hydrogen) atoms. The number of aromatic hydroxyl groups is 1. The van der Waals surface area contributed by atoms with Crippen molar-refractivity contribution in [3.05, 3.63) is 60.3 Å². The van der Waals surface area contributed by atoms with Gasteiger partial charge in [0.05, 0.1) is 13.2 Å².